The van der Waals surface area contributed by atoms with Gasteiger partial charge in [0, 0.05) is 13.0 Å². The standard InChI is InChI=1S/C25H32N2O3/c26-25(29)23-11-7-18-27(23)24(28)17-14-21-12-15-22(16-13-21)30-19-6-2-5-10-20-8-3-1-4-9-20/h1,3-4,8-9,12-13,15-16,23H,2,5-7,10-11,14,17-19H2,(H2,26,29)/t23-/m1/s1. The van der Waals surface area contributed by atoms with Gasteiger partial charge in [-0.1, -0.05) is 42.5 Å². The summed E-state index contributed by atoms with van der Waals surface area (Å²) in [5, 5.41) is 0. The quantitative estimate of drug-likeness (QED) is 0.574. The first kappa shape index (κ1) is 21.9. The Morgan fingerprint density at radius 2 is 1.67 bits per heavy atom. The first-order valence-corrected chi connectivity index (χ1v) is 11.0. The van der Waals surface area contributed by atoms with E-state index in [1.54, 1.807) is 4.90 Å². The van der Waals surface area contributed by atoms with E-state index < -0.39 is 11.9 Å². The molecule has 1 heterocycles. The van der Waals surface area contributed by atoms with Gasteiger partial charge in [0.05, 0.1) is 6.61 Å². The average molecular weight is 409 g/mol. The molecule has 1 aliphatic heterocycles. The van der Waals surface area contributed by atoms with Crippen LogP contribution in [0.1, 0.15) is 49.7 Å². The third-order valence-electron chi connectivity index (χ3n) is 5.67. The summed E-state index contributed by atoms with van der Waals surface area (Å²) in [7, 11) is 0. The molecular weight excluding hydrogens is 376 g/mol. The monoisotopic (exact) mass is 408 g/mol. The Balaban J connectivity index is 1.32. The molecule has 160 valence electrons. The van der Waals surface area contributed by atoms with Crippen LogP contribution in [0.2, 0.25) is 0 Å². The van der Waals surface area contributed by atoms with Gasteiger partial charge in [0.2, 0.25) is 11.8 Å². The normalized spacial score (nSPS) is 15.9. The zero-order valence-corrected chi connectivity index (χ0v) is 17.6. The molecule has 5 heteroatoms. The van der Waals surface area contributed by atoms with Crippen LogP contribution in [-0.4, -0.2) is 35.9 Å². The number of carbonyl (C=O) groups is 2. The molecule has 1 saturated heterocycles. The van der Waals surface area contributed by atoms with Gasteiger partial charge in [-0.05, 0) is 68.2 Å². The first-order chi connectivity index (χ1) is 14.6. The Labute approximate surface area is 179 Å². The summed E-state index contributed by atoms with van der Waals surface area (Å²) in [6, 6.07) is 18.1. The molecule has 2 aromatic rings. The van der Waals surface area contributed by atoms with Crippen LogP contribution in [0.4, 0.5) is 0 Å². The summed E-state index contributed by atoms with van der Waals surface area (Å²) in [6.07, 6.45) is 7.06. The van der Waals surface area contributed by atoms with Gasteiger partial charge in [0.1, 0.15) is 11.8 Å². The van der Waals surface area contributed by atoms with E-state index in [4.69, 9.17) is 10.5 Å². The second-order valence-electron chi connectivity index (χ2n) is 7.94. The maximum Gasteiger partial charge on any atom is 0.240 e. The molecule has 2 N–H and O–H groups in total. The van der Waals surface area contributed by atoms with Crippen LogP contribution in [0.3, 0.4) is 0 Å². The van der Waals surface area contributed by atoms with Crippen molar-refractivity contribution in [1.82, 2.24) is 4.90 Å². The molecule has 0 saturated carbocycles. The van der Waals surface area contributed by atoms with Gasteiger partial charge in [-0.15, -0.1) is 0 Å². The van der Waals surface area contributed by atoms with Crippen LogP contribution in [0.25, 0.3) is 0 Å². The number of rotatable bonds is 11. The number of aryl methyl sites for hydroxylation is 2. The molecule has 1 aliphatic rings. The second kappa shape index (κ2) is 11.4. The molecule has 0 radical (unpaired) electrons. The largest absolute Gasteiger partial charge is 0.494 e. The van der Waals surface area contributed by atoms with Gasteiger partial charge in [0.15, 0.2) is 0 Å². The molecule has 30 heavy (non-hydrogen) atoms. The zero-order valence-electron chi connectivity index (χ0n) is 17.6. The summed E-state index contributed by atoms with van der Waals surface area (Å²) in [5.41, 5.74) is 7.88. The molecule has 0 aliphatic carbocycles. The minimum atomic E-state index is -0.430. The van der Waals surface area contributed by atoms with Crippen molar-refractivity contribution in [1.29, 1.82) is 0 Å². The van der Waals surface area contributed by atoms with Crippen molar-refractivity contribution in [2.45, 2.75) is 57.4 Å². The summed E-state index contributed by atoms with van der Waals surface area (Å²) in [5.74, 6) is 0.469. The Kier molecular flexibility index (Phi) is 8.30. The van der Waals surface area contributed by atoms with Gasteiger partial charge >= 0.3 is 0 Å². The number of primary amides is 1. The highest BCUT2D eigenvalue weighted by Crippen LogP contribution is 2.19. The lowest BCUT2D eigenvalue weighted by molar-refractivity contribution is -0.137. The van der Waals surface area contributed by atoms with E-state index in [0.29, 0.717) is 25.8 Å². The molecule has 0 spiro atoms. The van der Waals surface area contributed by atoms with Crippen LogP contribution in [0, 0.1) is 0 Å². The molecule has 0 aromatic heterocycles. The van der Waals surface area contributed by atoms with Crippen molar-refractivity contribution in [2.75, 3.05) is 13.2 Å². The number of nitrogens with two attached hydrogens (primary N) is 1. The number of hydrogen-bond acceptors (Lipinski definition) is 3. The smallest absolute Gasteiger partial charge is 0.240 e. The molecular formula is C25H32N2O3. The van der Waals surface area contributed by atoms with Crippen LogP contribution >= 0.6 is 0 Å². The molecule has 0 bridgehead atoms. The third kappa shape index (κ3) is 6.61. The molecule has 2 amide bonds. The minimum Gasteiger partial charge on any atom is -0.494 e. The fraction of sp³-hybridized carbons (Fsp3) is 0.440. The molecule has 3 rings (SSSR count). The van der Waals surface area contributed by atoms with E-state index >= 15 is 0 Å². The molecule has 2 aromatic carbocycles. The van der Waals surface area contributed by atoms with Crippen molar-refractivity contribution in [3.8, 4) is 5.75 Å². The topological polar surface area (TPSA) is 72.6 Å². The number of likely N-dealkylation sites (tertiary alicyclic amines) is 1. The number of benzene rings is 2. The fourth-order valence-corrected chi connectivity index (χ4v) is 3.95. The van der Waals surface area contributed by atoms with Crippen molar-refractivity contribution >= 4 is 11.8 Å². The van der Waals surface area contributed by atoms with E-state index in [9.17, 15) is 9.59 Å². The summed E-state index contributed by atoms with van der Waals surface area (Å²) >= 11 is 0. The molecule has 0 unspecified atom stereocenters. The molecule has 1 fully saturated rings. The number of nitrogens with zero attached hydrogens (tertiary/aromatic N) is 1. The summed E-state index contributed by atoms with van der Waals surface area (Å²) in [4.78, 5) is 25.5. The second-order valence-corrected chi connectivity index (χ2v) is 7.94. The van der Waals surface area contributed by atoms with E-state index in [1.165, 1.54) is 12.0 Å². The number of hydrogen-bond donors (Lipinski definition) is 1. The van der Waals surface area contributed by atoms with E-state index in [-0.39, 0.29) is 5.91 Å². The number of unbranched alkanes of at least 4 members (excludes halogenated alkanes) is 2. The lowest BCUT2D eigenvalue weighted by Crippen LogP contribution is -2.43. The Hall–Kier alpha value is -2.82. The Morgan fingerprint density at radius 1 is 0.933 bits per heavy atom. The van der Waals surface area contributed by atoms with Crippen LogP contribution in [0.15, 0.2) is 54.6 Å². The van der Waals surface area contributed by atoms with Gasteiger partial charge in [-0.2, -0.15) is 0 Å². The lowest BCUT2D eigenvalue weighted by atomic mass is 10.1. The van der Waals surface area contributed by atoms with Crippen molar-refractivity contribution in [2.24, 2.45) is 5.73 Å². The van der Waals surface area contributed by atoms with E-state index in [1.807, 2.05) is 30.3 Å². The zero-order chi connectivity index (χ0) is 21.2. The Bertz CT molecular complexity index is 805. The van der Waals surface area contributed by atoms with E-state index in [0.717, 1.165) is 43.6 Å². The third-order valence-corrected chi connectivity index (χ3v) is 5.67. The van der Waals surface area contributed by atoms with Crippen LogP contribution < -0.4 is 10.5 Å². The predicted octanol–water partition coefficient (Wildman–Crippen LogP) is 3.89. The SMILES string of the molecule is NC(=O)[C@H]1CCCN1C(=O)CCc1ccc(OCCCCCc2ccccc2)cc1. The van der Waals surface area contributed by atoms with Crippen molar-refractivity contribution < 1.29 is 14.3 Å². The summed E-state index contributed by atoms with van der Waals surface area (Å²) in [6.45, 7) is 1.35. The van der Waals surface area contributed by atoms with Crippen molar-refractivity contribution in [3.63, 3.8) is 0 Å². The number of carbonyl (C=O) groups excluding carboxylic acids is 2. The van der Waals surface area contributed by atoms with Gasteiger partial charge in [-0.25, -0.2) is 0 Å². The van der Waals surface area contributed by atoms with Gasteiger partial charge in [-0.3, -0.25) is 9.59 Å². The number of ether oxygens (including phenoxy) is 1. The number of amides is 2. The van der Waals surface area contributed by atoms with Gasteiger partial charge < -0.3 is 15.4 Å². The van der Waals surface area contributed by atoms with E-state index in [2.05, 4.69) is 24.3 Å². The maximum atomic E-state index is 12.4. The highest BCUT2D eigenvalue weighted by atomic mass is 16.5. The highest BCUT2D eigenvalue weighted by Gasteiger charge is 2.32. The van der Waals surface area contributed by atoms with Crippen LogP contribution in [0.5, 0.6) is 5.75 Å². The highest BCUT2D eigenvalue weighted by molar-refractivity contribution is 5.87. The minimum absolute atomic E-state index is 0.00660. The van der Waals surface area contributed by atoms with Gasteiger partial charge in [0.25, 0.3) is 0 Å². The summed E-state index contributed by atoms with van der Waals surface area (Å²) < 4.78 is 5.83. The predicted molar refractivity (Wildman–Crippen MR) is 118 cm³/mol. The first-order valence-electron chi connectivity index (χ1n) is 11.0. The molecule has 1 atom stereocenters. The Morgan fingerprint density at radius 3 is 2.40 bits per heavy atom. The average Bonchev–Trinajstić information content (AvgIpc) is 3.26. The fourth-order valence-electron chi connectivity index (χ4n) is 3.95. The maximum absolute atomic E-state index is 12.4. The molecule has 5 nitrogen and oxygen atoms in total. The lowest BCUT2D eigenvalue weighted by Gasteiger charge is -2.22. The van der Waals surface area contributed by atoms with Crippen molar-refractivity contribution in [3.05, 3.63) is 65.7 Å². The van der Waals surface area contributed by atoms with Crippen LogP contribution in [-0.2, 0) is 22.4 Å².